The van der Waals surface area contributed by atoms with Gasteiger partial charge in [0, 0.05) is 12.1 Å². The van der Waals surface area contributed by atoms with Crippen LogP contribution in [0.4, 0.5) is 5.69 Å². The SMILES string of the molecule is CC.CC1=CSC([C@H](Cc2ccc([N+](=O)[O-])cc2)NC(=O)Cc2ccccc2)=NC1. The molecule has 158 valence electrons. The van der Waals surface area contributed by atoms with Crippen LogP contribution in [-0.4, -0.2) is 28.5 Å². The van der Waals surface area contributed by atoms with Gasteiger partial charge in [0.05, 0.1) is 29.0 Å². The average Bonchev–Trinajstić information content (AvgIpc) is 2.76. The van der Waals surface area contributed by atoms with Gasteiger partial charge >= 0.3 is 0 Å². The Morgan fingerprint density at radius 2 is 1.80 bits per heavy atom. The minimum Gasteiger partial charge on any atom is -0.347 e. The second kappa shape index (κ2) is 11.9. The third-order valence-electron chi connectivity index (χ3n) is 4.29. The van der Waals surface area contributed by atoms with Crippen LogP contribution < -0.4 is 5.32 Å². The number of rotatable bonds is 7. The maximum absolute atomic E-state index is 12.6. The van der Waals surface area contributed by atoms with Gasteiger partial charge in [-0.2, -0.15) is 0 Å². The van der Waals surface area contributed by atoms with Gasteiger partial charge in [-0.1, -0.05) is 68.1 Å². The molecule has 0 fully saturated rings. The van der Waals surface area contributed by atoms with Crippen molar-refractivity contribution in [3.8, 4) is 0 Å². The van der Waals surface area contributed by atoms with E-state index in [4.69, 9.17) is 0 Å². The molecule has 1 amide bonds. The highest BCUT2D eigenvalue weighted by Crippen LogP contribution is 2.21. The van der Waals surface area contributed by atoms with Gasteiger partial charge in [0.2, 0.25) is 5.91 Å². The Morgan fingerprint density at radius 3 is 2.37 bits per heavy atom. The molecule has 0 aliphatic carbocycles. The molecular formula is C23H27N3O3S. The number of nitrogens with zero attached hydrogens (tertiary/aromatic N) is 2. The predicted octanol–water partition coefficient (Wildman–Crippen LogP) is 4.94. The standard InChI is InChI=1S/C21H21N3O3S.C2H6/c1-15-13-22-21(28-14-15)19(11-17-7-9-18(10-8-17)24(26)27)23-20(25)12-16-5-3-2-4-6-16;1-2/h2-10,14,19H,11-13H2,1H3,(H,23,25);1-2H3/t19-;/m0./s1. The third kappa shape index (κ3) is 7.15. The summed E-state index contributed by atoms with van der Waals surface area (Å²) < 4.78 is 0. The summed E-state index contributed by atoms with van der Waals surface area (Å²) in [6.07, 6.45) is 0.821. The molecule has 1 N–H and O–H groups in total. The third-order valence-corrected chi connectivity index (χ3v) is 5.47. The summed E-state index contributed by atoms with van der Waals surface area (Å²) in [6, 6.07) is 15.7. The molecule has 0 spiro atoms. The fourth-order valence-corrected chi connectivity index (χ4v) is 3.69. The molecule has 6 nitrogen and oxygen atoms in total. The number of nitro benzene ring substituents is 1. The van der Waals surface area contributed by atoms with Crippen molar-refractivity contribution in [2.75, 3.05) is 6.54 Å². The molecule has 2 aromatic rings. The number of aliphatic imine (C=N–C) groups is 1. The van der Waals surface area contributed by atoms with Gasteiger partial charge in [-0.05, 0) is 35.5 Å². The Morgan fingerprint density at radius 1 is 1.13 bits per heavy atom. The fourth-order valence-electron chi connectivity index (χ4n) is 2.85. The lowest BCUT2D eigenvalue weighted by Crippen LogP contribution is -2.42. The molecule has 0 radical (unpaired) electrons. The lowest BCUT2D eigenvalue weighted by Gasteiger charge is -2.22. The molecule has 0 aromatic heterocycles. The van der Waals surface area contributed by atoms with Crippen LogP contribution >= 0.6 is 11.8 Å². The van der Waals surface area contributed by atoms with Crippen molar-refractivity contribution in [3.05, 3.63) is 86.8 Å². The number of benzene rings is 2. The minimum atomic E-state index is -0.419. The number of hydrogen-bond donors (Lipinski definition) is 1. The van der Waals surface area contributed by atoms with E-state index in [1.54, 1.807) is 12.1 Å². The van der Waals surface area contributed by atoms with Gasteiger partial charge < -0.3 is 5.32 Å². The molecule has 0 saturated heterocycles. The van der Waals surface area contributed by atoms with E-state index in [2.05, 4.69) is 15.7 Å². The quantitative estimate of drug-likeness (QED) is 0.503. The molecule has 2 aromatic carbocycles. The molecule has 7 heteroatoms. The summed E-state index contributed by atoms with van der Waals surface area (Å²) in [5.41, 5.74) is 3.09. The number of carbonyl (C=O) groups is 1. The number of thioether (sulfide) groups is 1. The second-order valence-corrected chi connectivity index (χ2v) is 7.54. The van der Waals surface area contributed by atoms with Crippen LogP contribution in [0.5, 0.6) is 0 Å². The van der Waals surface area contributed by atoms with Crippen LogP contribution in [0.3, 0.4) is 0 Å². The summed E-state index contributed by atoms with van der Waals surface area (Å²) in [5.74, 6) is -0.0762. The molecular weight excluding hydrogens is 398 g/mol. The predicted molar refractivity (Wildman–Crippen MR) is 124 cm³/mol. The smallest absolute Gasteiger partial charge is 0.269 e. The summed E-state index contributed by atoms with van der Waals surface area (Å²) >= 11 is 1.52. The lowest BCUT2D eigenvalue weighted by molar-refractivity contribution is -0.384. The summed E-state index contributed by atoms with van der Waals surface area (Å²) in [4.78, 5) is 27.6. The van der Waals surface area contributed by atoms with Gasteiger partial charge in [-0.3, -0.25) is 19.9 Å². The van der Waals surface area contributed by atoms with Crippen molar-refractivity contribution >= 4 is 28.4 Å². The first-order valence-electron chi connectivity index (χ1n) is 9.94. The van der Waals surface area contributed by atoms with E-state index < -0.39 is 4.92 Å². The number of carbonyl (C=O) groups excluding carboxylic acids is 1. The van der Waals surface area contributed by atoms with Crippen LogP contribution in [0, 0.1) is 10.1 Å². The summed E-state index contributed by atoms with van der Waals surface area (Å²) in [6.45, 7) is 6.64. The van der Waals surface area contributed by atoms with Crippen LogP contribution in [0.2, 0.25) is 0 Å². The maximum Gasteiger partial charge on any atom is 0.269 e. The lowest BCUT2D eigenvalue weighted by atomic mass is 10.1. The number of nitro groups is 1. The van der Waals surface area contributed by atoms with Crippen molar-refractivity contribution in [2.45, 2.75) is 39.7 Å². The zero-order valence-electron chi connectivity index (χ0n) is 17.5. The Bertz CT molecular complexity index is 909. The highest BCUT2D eigenvalue weighted by Gasteiger charge is 2.21. The van der Waals surface area contributed by atoms with Crippen molar-refractivity contribution in [1.29, 1.82) is 0 Å². The fraction of sp³-hybridized carbons (Fsp3) is 0.304. The molecule has 30 heavy (non-hydrogen) atoms. The van der Waals surface area contributed by atoms with Crippen LogP contribution in [0.1, 0.15) is 31.9 Å². The minimum absolute atomic E-state index is 0.0522. The normalized spacial score (nSPS) is 13.8. The van der Waals surface area contributed by atoms with Crippen molar-refractivity contribution < 1.29 is 9.72 Å². The van der Waals surface area contributed by atoms with E-state index in [9.17, 15) is 14.9 Å². The Balaban J connectivity index is 0.00000155. The van der Waals surface area contributed by atoms with Crippen molar-refractivity contribution in [1.82, 2.24) is 5.32 Å². The molecule has 0 saturated carbocycles. The summed E-state index contributed by atoms with van der Waals surface area (Å²) in [5, 5.41) is 16.8. The molecule has 0 unspecified atom stereocenters. The number of non-ortho nitro benzene ring substituents is 1. The first-order valence-corrected chi connectivity index (χ1v) is 10.8. The van der Waals surface area contributed by atoms with Gasteiger partial charge in [0.15, 0.2) is 0 Å². The van der Waals surface area contributed by atoms with E-state index in [-0.39, 0.29) is 17.6 Å². The van der Waals surface area contributed by atoms with Crippen molar-refractivity contribution in [3.63, 3.8) is 0 Å². The van der Waals surface area contributed by atoms with Gasteiger partial charge in [-0.15, -0.1) is 0 Å². The molecule has 3 rings (SSSR count). The summed E-state index contributed by atoms with van der Waals surface area (Å²) in [7, 11) is 0. The number of hydrogen-bond acceptors (Lipinski definition) is 5. The number of nitrogens with one attached hydrogen (secondary N) is 1. The zero-order valence-corrected chi connectivity index (χ0v) is 18.3. The van der Waals surface area contributed by atoms with Gasteiger partial charge in [-0.25, -0.2) is 0 Å². The Labute approximate surface area is 181 Å². The van der Waals surface area contributed by atoms with E-state index in [0.717, 1.165) is 16.2 Å². The van der Waals surface area contributed by atoms with E-state index in [0.29, 0.717) is 19.4 Å². The monoisotopic (exact) mass is 425 g/mol. The Hall–Kier alpha value is -2.93. The maximum atomic E-state index is 12.6. The van der Waals surface area contributed by atoms with E-state index in [1.165, 1.54) is 29.5 Å². The molecule has 1 heterocycles. The zero-order chi connectivity index (χ0) is 21.9. The van der Waals surface area contributed by atoms with E-state index >= 15 is 0 Å². The van der Waals surface area contributed by atoms with Crippen LogP contribution in [0.25, 0.3) is 0 Å². The highest BCUT2D eigenvalue weighted by molar-refractivity contribution is 8.16. The van der Waals surface area contributed by atoms with Gasteiger partial charge in [0.25, 0.3) is 5.69 Å². The molecule has 1 aliphatic rings. The molecule has 1 atom stereocenters. The van der Waals surface area contributed by atoms with E-state index in [1.807, 2.05) is 51.1 Å². The average molecular weight is 426 g/mol. The van der Waals surface area contributed by atoms with Crippen LogP contribution in [-0.2, 0) is 17.6 Å². The first kappa shape index (κ1) is 23.3. The Kier molecular flexibility index (Phi) is 9.28. The topological polar surface area (TPSA) is 84.6 Å². The first-order chi connectivity index (χ1) is 14.5. The van der Waals surface area contributed by atoms with Crippen molar-refractivity contribution in [2.24, 2.45) is 4.99 Å². The highest BCUT2D eigenvalue weighted by atomic mass is 32.2. The molecule has 1 aliphatic heterocycles. The van der Waals surface area contributed by atoms with Gasteiger partial charge in [0.1, 0.15) is 0 Å². The second-order valence-electron chi connectivity index (χ2n) is 6.65. The largest absolute Gasteiger partial charge is 0.347 e. The van der Waals surface area contributed by atoms with Crippen LogP contribution in [0.15, 0.2) is 70.6 Å². The number of amides is 1. The molecule has 0 bridgehead atoms.